The lowest BCUT2D eigenvalue weighted by molar-refractivity contribution is 0.157. The van der Waals surface area contributed by atoms with Crippen LogP contribution in [0.3, 0.4) is 0 Å². The quantitative estimate of drug-likeness (QED) is 0.652. The van der Waals surface area contributed by atoms with Gasteiger partial charge in [0.1, 0.15) is 0 Å². The van der Waals surface area contributed by atoms with Gasteiger partial charge in [-0.25, -0.2) is 4.79 Å². The van der Waals surface area contributed by atoms with Crippen molar-refractivity contribution in [2.45, 2.75) is 20.3 Å². The molecule has 0 unspecified atom stereocenters. The molecule has 2 N–H and O–H groups in total. The second-order valence-electron chi connectivity index (χ2n) is 2.10. The topological polar surface area (TPSA) is 50.4 Å². The Morgan fingerprint density at radius 3 is 2.67 bits per heavy atom. The number of carbonyl (C=O) groups excluding carboxylic acids is 1. The molecule has 4 nitrogen and oxygen atoms in total. The summed E-state index contributed by atoms with van der Waals surface area (Å²) < 4.78 is 4.61. The lowest BCUT2D eigenvalue weighted by atomic mass is 10.5. The summed E-state index contributed by atoms with van der Waals surface area (Å²) >= 11 is 4.79. The number of carbonyl (C=O) groups is 1. The molecule has 0 aliphatic heterocycles. The molecule has 0 heterocycles. The normalized spacial score (nSPS) is 8.83. The zero-order chi connectivity index (χ0) is 9.40. The van der Waals surface area contributed by atoms with Crippen molar-refractivity contribution in [1.29, 1.82) is 0 Å². The summed E-state index contributed by atoms with van der Waals surface area (Å²) in [5, 5.41) is 5.53. The standard InChI is InChI=1S/C7H14N2O2S/c1-3-5-8-6(12)9-7(10)11-4-2/h3-5H2,1-2H3,(H2,8,9,10,12). The molecule has 12 heavy (non-hydrogen) atoms. The molecule has 0 aromatic heterocycles. The molecule has 0 spiro atoms. The minimum atomic E-state index is -0.508. The van der Waals surface area contributed by atoms with E-state index in [1.54, 1.807) is 6.92 Å². The molecule has 0 radical (unpaired) electrons. The first-order chi connectivity index (χ1) is 5.70. The highest BCUT2D eigenvalue weighted by atomic mass is 32.1. The Balaban J connectivity index is 3.47. The Morgan fingerprint density at radius 2 is 2.17 bits per heavy atom. The van der Waals surface area contributed by atoms with Gasteiger partial charge in [-0.15, -0.1) is 0 Å². The van der Waals surface area contributed by atoms with Gasteiger partial charge in [0, 0.05) is 6.54 Å². The second-order valence-corrected chi connectivity index (χ2v) is 2.51. The summed E-state index contributed by atoms with van der Waals surface area (Å²) in [5.41, 5.74) is 0. The summed E-state index contributed by atoms with van der Waals surface area (Å²) in [5.74, 6) is 0. The van der Waals surface area contributed by atoms with Crippen LogP contribution >= 0.6 is 12.2 Å². The van der Waals surface area contributed by atoms with Gasteiger partial charge in [0.25, 0.3) is 0 Å². The molecular formula is C7H14N2O2S. The van der Waals surface area contributed by atoms with E-state index in [1.165, 1.54) is 0 Å². The van der Waals surface area contributed by atoms with E-state index in [4.69, 9.17) is 12.2 Å². The highest BCUT2D eigenvalue weighted by molar-refractivity contribution is 7.80. The first-order valence-electron chi connectivity index (χ1n) is 3.92. The molecule has 0 atom stereocenters. The molecule has 0 aromatic rings. The maximum Gasteiger partial charge on any atom is 0.413 e. The number of amides is 1. The molecule has 0 aliphatic carbocycles. The zero-order valence-electron chi connectivity index (χ0n) is 7.35. The molecular weight excluding hydrogens is 176 g/mol. The van der Waals surface area contributed by atoms with Gasteiger partial charge in [-0.2, -0.15) is 0 Å². The zero-order valence-corrected chi connectivity index (χ0v) is 8.16. The molecule has 1 amide bonds. The van der Waals surface area contributed by atoms with E-state index in [1.807, 2.05) is 6.92 Å². The number of ether oxygens (including phenoxy) is 1. The van der Waals surface area contributed by atoms with Gasteiger partial charge in [0.2, 0.25) is 0 Å². The lowest BCUT2D eigenvalue weighted by Crippen LogP contribution is -2.39. The molecule has 0 saturated carbocycles. The third-order valence-electron chi connectivity index (χ3n) is 1.03. The van der Waals surface area contributed by atoms with E-state index in [0.29, 0.717) is 11.7 Å². The predicted octanol–water partition coefficient (Wildman–Crippen LogP) is 1.02. The molecule has 0 aromatic carbocycles. The number of thiocarbonyl (C=S) groups is 1. The summed E-state index contributed by atoms with van der Waals surface area (Å²) in [6, 6.07) is 0. The number of hydrogen-bond donors (Lipinski definition) is 2. The van der Waals surface area contributed by atoms with Gasteiger partial charge >= 0.3 is 6.09 Å². The SMILES string of the molecule is CCCNC(=S)NC(=O)OCC. The highest BCUT2D eigenvalue weighted by Gasteiger charge is 2.01. The number of hydrogen-bond acceptors (Lipinski definition) is 3. The van der Waals surface area contributed by atoms with Gasteiger partial charge in [0.05, 0.1) is 6.61 Å². The Bertz CT molecular complexity index is 161. The number of nitrogens with one attached hydrogen (secondary N) is 2. The van der Waals surface area contributed by atoms with Gasteiger partial charge in [-0.1, -0.05) is 6.92 Å². The summed E-state index contributed by atoms with van der Waals surface area (Å²) in [6.07, 6.45) is 0.455. The minimum Gasteiger partial charge on any atom is -0.450 e. The lowest BCUT2D eigenvalue weighted by Gasteiger charge is -2.07. The maximum absolute atomic E-state index is 10.8. The highest BCUT2D eigenvalue weighted by Crippen LogP contribution is 1.77. The first kappa shape index (κ1) is 11.2. The Morgan fingerprint density at radius 1 is 1.50 bits per heavy atom. The van der Waals surface area contributed by atoms with Crippen LogP contribution in [-0.4, -0.2) is 24.4 Å². The predicted molar refractivity (Wildman–Crippen MR) is 51.0 cm³/mol. The number of alkyl carbamates (subject to hydrolysis) is 1. The molecule has 0 aliphatic rings. The van der Waals surface area contributed by atoms with E-state index in [0.717, 1.165) is 13.0 Å². The fourth-order valence-electron chi connectivity index (χ4n) is 0.543. The second kappa shape index (κ2) is 6.84. The van der Waals surface area contributed by atoms with Crippen LogP contribution in [0.1, 0.15) is 20.3 Å². The van der Waals surface area contributed by atoms with Gasteiger partial charge in [-0.3, -0.25) is 5.32 Å². The van der Waals surface area contributed by atoms with E-state index >= 15 is 0 Å². The van der Waals surface area contributed by atoms with E-state index in [9.17, 15) is 4.79 Å². The van der Waals surface area contributed by atoms with Crippen molar-refractivity contribution in [3.05, 3.63) is 0 Å². The van der Waals surface area contributed by atoms with Crippen molar-refractivity contribution in [3.8, 4) is 0 Å². The Labute approximate surface area is 77.7 Å². The Hall–Kier alpha value is -0.840. The minimum absolute atomic E-state index is 0.315. The van der Waals surface area contributed by atoms with Gasteiger partial charge in [0.15, 0.2) is 5.11 Å². The van der Waals surface area contributed by atoms with Crippen molar-refractivity contribution in [2.75, 3.05) is 13.2 Å². The van der Waals surface area contributed by atoms with E-state index < -0.39 is 6.09 Å². The van der Waals surface area contributed by atoms with Crippen LogP contribution in [0, 0.1) is 0 Å². The van der Waals surface area contributed by atoms with E-state index in [-0.39, 0.29) is 0 Å². The summed E-state index contributed by atoms with van der Waals surface area (Å²) in [6.45, 7) is 4.86. The smallest absolute Gasteiger partial charge is 0.413 e. The molecule has 0 fully saturated rings. The number of rotatable bonds is 3. The van der Waals surface area contributed by atoms with Crippen molar-refractivity contribution < 1.29 is 9.53 Å². The largest absolute Gasteiger partial charge is 0.450 e. The molecule has 0 rings (SSSR count). The summed E-state index contributed by atoms with van der Waals surface area (Å²) in [7, 11) is 0. The van der Waals surface area contributed by atoms with Crippen molar-refractivity contribution in [2.24, 2.45) is 0 Å². The Kier molecular flexibility index (Phi) is 6.37. The average molecular weight is 190 g/mol. The van der Waals surface area contributed by atoms with Crippen molar-refractivity contribution in [3.63, 3.8) is 0 Å². The monoisotopic (exact) mass is 190 g/mol. The first-order valence-corrected chi connectivity index (χ1v) is 4.33. The van der Waals surface area contributed by atoms with Crippen molar-refractivity contribution in [1.82, 2.24) is 10.6 Å². The molecule has 0 bridgehead atoms. The third kappa shape index (κ3) is 5.91. The summed E-state index contributed by atoms with van der Waals surface area (Å²) in [4.78, 5) is 10.8. The van der Waals surface area contributed by atoms with Crippen LogP contribution in [0.25, 0.3) is 0 Å². The van der Waals surface area contributed by atoms with Crippen LogP contribution in [0.4, 0.5) is 4.79 Å². The van der Waals surface area contributed by atoms with Crippen LogP contribution in [-0.2, 0) is 4.74 Å². The maximum atomic E-state index is 10.8. The molecule has 0 saturated heterocycles. The average Bonchev–Trinajstić information content (AvgIpc) is 2.01. The fourth-order valence-corrected chi connectivity index (χ4v) is 0.728. The van der Waals surface area contributed by atoms with Crippen molar-refractivity contribution >= 4 is 23.4 Å². The molecule has 5 heteroatoms. The van der Waals surface area contributed by atoms with Crippen LogP contribution in [0.15, 0.2) is 0 Å². The third-order valence-corrected chi connectivity index (χ3v) is 1.27. The van der Waals surface area contributed by atoms with Gasteiger partial charge in [-0.05, 0) is 25.6 Å². The van der Waals surface area contributed by atoms with Crippen LogP contribution in [0.5, 0.6) is 0 Å². The van der Waals surface area contributed by atoms with Gasteiger partial charge < -0.3 is 10.1 Å². The molecule has 70 valence electrons. The van der Waals surface area contributed by atoms with Crippen LogP contribution in [0.2, 0.25) is 0 Å². The fraction of sp³-hybridized carbons (Fsp3) is 0.714. The van der Waals surface area contributed by atoms with E-state index in [2.05, 4.69) is 15.4 Å². The van der Waals surface area contributed by atoms with Crippen LogP contribution < -0.4 is 10.6 Å².